The average Bonchev–Trinajstić information content (AvgIpc) is 2.52. The SMILES string of the molecule is COc1c(C(=O)Cl)cccc1-c1cccc(C(=O)Cl)c1OC. The Morgan fingerprint density at radius 2 is 1.14 bits per heavy atom. The summed E-state index contributed by atoms with van der Waals surface area (Å²) in [6, 6.07) is 9.93. The Hall–Kier alpha value is -2.04. The van der Waals surface area contributed by atoms with Crippen LogP contribution in [0.4, 0.5) is 0 Å². The van der Waals surface area contributed by atoms with Crippen LogP contribution in [0.2, 0.25) is 0 Å². The average molecular weight is 339 g/mol. The smallest absolute Gasteiger partial charge is 0.256 e. The third-order valence-corrected chi connectivity index (χ3v) is 3.56. The summed E-state index contributed by atoms with van der Waals surface area (Å²) < 4.78 is 10.6. The van der Waals surface area contributed by atoms with E-state index in [2.05, 4.69) is 0 Å². The molecule has 0 bridgehead atoms. The Kier molecular flexibility index (Phi) is 5.06. The molecule has 0 aliphatic heterocycles. The molecule has 0 radical (unpaired) electrons. The van der Waals surface area contributed by atoms with Gasteiger partial charge >= 0.3 is 0 Å². The predicted octanol–water partition coefficient (Wildman–Crippen LogP) is 4.13. The fourth-order valence-electron chi connectivity index (χ4n) is 2.25. The molecule has 2 rings (SSSR count). The molecule has 2 aromatic rings. The van der Waals surface area contributed by atoms with Gasteiger partial charge in [0.05, 0.1) is 25.3 Å². The predicted molar refractivity (Wildman–Crippen MR) is 85.3 cm³/mol. The zero-order chi connectivity index (χ0) is 16.3. The van der Waals surface area contributed by atoms with Crippen molar-refractivity contribution in [3.05, 3.63) is 47.5 Å². The monoisotopic (exact) mass is 338 g/mol. The topological polar surface area (TPSA) is 52.6 Å². The van der Waals surface area contributed by atoms with E-state index < -0.39 is 10.5 Å². The number of carbonyl (C=O) groups is 2. The van der Waals surface area contributed by atoms with E-state index in [1.165, 1.54) is 14.2 Å². The van der Waals surface area contributed by atoms with Gasteiger partial charge in [0, 0.05) is 11.1 Å². The van der Waals surface area contributed by atoms with Crippen LogP contribution in [0.5, 0.6) is 11.5 Å². The molecular formula is C16H12Cl2O4. The molecule has 4 nitrogen and oxygen atoms in total. The number of para-hydroxylation sites is 2. The van der Waals surface area contributed by atoms with Crippen molar-refractivity contribution >= 4 is 33.7 Å². The second-order valence-corrected chi connectivity index (χ2v) is 5.01. The molecule has 114 valence electrons. The molecule has 0 aliphatic carbocycles. The maximum Gasteiger partial charge on any atom is 0.256 e. The zero-order valence-corrected chi connectivity index (χ0v) is 13.4. The minimum atomic E-state index is -0.637. The normalized spacial score (nSPS) is 10.2. The molecule has 0 aromatic heterocycles. The molecule has 0 fully saturated rings. The summed E-state index contributed by atoms with van der Waals surface area (Å²) in [5.41, 5.74) is 1.61. The van der Waals surface area contributed by atoms with E-state index >= 15 is 0 Å². The first kappa shape index (κ1) is 16.3. The van der Waals surface area contributed by atoms with Gasteiger partial charge in [-0.25, -0.2) is 0 Å². The Morgan fingerprint density at radius 3 is 1.41 bits per heavy atom. The molecule has 2 aromatic carbocycles. The number of rotatable bonds is 5. The van der Waals surface area contributed by atoms with Crippen molar-refractivity contribution in [2.45, 2.75) is 0 Å². The molecule has 0 saturated carbocycles. The standard InChI is InChI=1S/C16H12Cl2O4/c1-21-13-9(5-3-7-11(13)15(17)19)10-6-4-8-12(16(18)20)14(10)22-2/h3-8H,1-2H3. The van der Waals surface area contributed by atoms with E-state index in [0.717, 1.165) is 0 Å². The summed E-state index contributed by atoms with van der Waals surface area (Å²) in [5, 5.41) is -1.27. The van der Waals surface area contributed by atoms with Gasteiger partial charge in [-0.3, -0.25) is 9.59 Å². The first-order chi connectivity index (χ1) is 10.5. The van der Waals surface area contributed by atoms with E-state index in [1.807, 2.05) is 0 Å². The quantitative estimate of drug-likeness (QED) is 0.769. The summed E-state index contributed by atoms with van der Waals surface area (Å²) in [6.45, 7) is 0. The highest BCUT2D eigenvalue weighted by Gasteiger charge is 2.20. The van der Waals surface area contributed by atoms with Crippen molar-refractivity contribution in [1.82, 2.24) is 0 Å². The summed E-state index contributed by atoms with van der Waals surface area (Å²) in [7, 11) is 2.87. The number of methoxy groups -OCH3 is 2. The van der Waals surface area contributed by atoms with E-state index in [9.17, 15) is 9.59 Å². The van der Waals surface area contributed by atoms with Crippen LogP contribution in [-0.4, -0.2) is 24.7 Å². The third kappa shape index (κ3) is 2.93. The molecule has 0 unspecified atom stereocenters. The van der Waals surface area contributed by atoms with Crippen molar-refractivity contribution in [3.63, 3.8) is 0 Å². The minimum absolute atomic E-state index is 0.228. The largest absolute Gasteiger partial charge is 0.495 e. The maximum absolute atomic E-state index is 11.5. The van der Waals surface area contributed by atoms with Gasteiger partial charge < -0.3 is 9.47 Å². The van der Waals surface area contributed by atoms with Crippen LogP contribution in [0, 0.1) is 0 Å². The van der Waals surface area contributed by atoms with E-state index in [0.29, 0.717) is 22.6 Å². The first-order valence-electron chi connectivity index (χ1n) is 6.25. The molecule has 6 heteroatoms. The highest BCUT2D eigenvalue weighted by atomic mass is 35.5. The van der Waals surface area contributed by atoms with Crippen LogP contribution in [0.1, 0.15) is 20.7 Å². The number of ether oxygens (including phenoxy) is 2. The van der Waals surface area contributed by atoms with Gasteiger partial charge in [-0.15, -0.1) is 0 Å². The molecule has 0 N–H and O–H groups in total. The lowest BCUT2D eigenvalue weighted by atomic mass is 9.98. The summed E-state index contributed by atoms with van der Waals surface area (Å²) in [5.74, 6) is 0.611. The van der Waals surface area contributed by atoms with Gasteiger partial charge in [0.25, 0.3) is 10.5 Å². The van der Waals surface area contributed by atoms with Crippen LogP contribution in [0.15, 0.2) is 36.4 Å². The fourth-order valence-corrected chi connectivity index (χ4v) is 2.55. The van der Waals surface area contributed by atoms with Crippen molar-refractivity contribution in [2.24, 2.45) is 0 Å². The molecule has 0 spiro atoms. The highest BCUT2D eigenvalue weighted by Crippen LogP contribution is 2.40. The number of carbonyl (C=O) groups excluding carboxylic acids is 2. The number of hydrogen-bond donors (Lipinski definition) is 0. The summed E-state index contributed by atoms with van der Waals surface area (Å²) in [4.78, 5) is 23.0. The van der Waals surface area contributed by atoms with E-state index in [4.69, 9.17) is 32.7 Å². The lowest BCUT2D eigenvalue weighted by Crippen LogP contribution is -2.01. The van der Waals surface area contributed by atoms with Gasteiger partial charge in [-0.2, -0.15) is 0 Å². The maximum atomic E-state index is 11.5. The Morgan fingerprint density at radius 1 is 0.773 bits per heavy atom. The molecule has 0 amide bonds. The second-order valence-electron chi connectivity index (χ2n) is 4.32. The Balaban J connectivity index is 2.77. The van der Waals surface area contributed by atoms with Gasteiger partial charge in [0.15, 0.2) is 0 Å². The number of hydrogen-bond acceptors (Lipinski definition) is 4. The van der Waals surface area contributed by atoms with Crippen LogP contribution in [0.3, 0.4) is 0 Å². The summed E-state index contributed by atoms with van der Waals surface area (Å²) >= 11 is 11.2. The van der Waals surface area contributed by atoms with Gasteiger partial charge in [-0.1, -0.05) is 24.3 Å². The van der Waals surface area contributed by atoms with Crippen molar-refractivity contribution in [1.29, 1.82) is 0 Å². The molecule has 0 heterocycles. The number of halogens is 2. The van der Waals surface area contributed by atoms with E-state index in [-0.39, 0.29) is 11.1 Å². The van der Waals surface area contributed by atoms with Crippen LogP contribution < -0.4 is 9.47 Å². The van der Waals surface area contributed by atoms with Crippen LogP contribution in [-0.2, 0) is 0 Å². The minimum Gasteiger partial charge on any atom is -0.495 e. The van der Waals surface area contributed by atoms with Crippen molar-refractivity contribution in [3.8, 4) is 22.6 Å². The lowest BCUT2D eigenvalue weighted by molar-refractivity contribution is 0.107. The van der Waals surface area contributed by atoms with Gasteiger partial charge in [0.2, 0.25) is 0 Å². The third-order valence-electron chi connectivity index (χ3n) is 3.15. The van der Waals surface area contributed by atoms with Gasteiger partial charge in [-0.05, 0) is 35.3 Å². The van der Waals surface area contributed by atoms with Crippen molar-refractivity contribution in [2.75, 3.05) is 14.2 Å². The van der Waals surface area contributed by atoms with Gasteiger partial charge in [0.1, 0.15) is 11.5 Å². The Labute approximate surface area is 137 Å². The molecule has 22 heavy (non-hydrogen) atoms. The van der Waals surface area contributed by atoms with Crippen LogP contribution >= 0.6 is 23.2 Å². The summed E-state index contributed by atoms with van der Waals surface area (Å²) in [6.07, 6.45) is 0. The Bertz CT molecular complexity index is 677. The van der Waals surface area contributed by atoms with E-state index in [1.54, 1.807) is 36.4 Å². The first-order valence-corrected chi connectivity index (χ1v) is 7.00. The molecule has 0 aliphatic rings. The zero-order valence-electron chi connectivity index (χ0n) is 11.9. The fraction of sp³-hybridized carbons (Fsp3) is 0.125. The van der Waals surface area contributed by atoms with Crippen molar-refractivity contribution < 1.29 is 19.1 Å². The molecular weight excluding hydrogens is 327 g/mol. The van der Waals surface area contributed by atoms with Crippen LogP contribution in [0.25, 0.3) is 11.1 Å². The highest BCUT2D eigenvalue weighted by molar-refractivity contribution is 6.68. The lowest BCUT2D eigenvalue weighted by Gasteiger charge is -2.15. The molecule has 0 saturated heterocycles. The number of benzene rings is 2. The second kappa shape index (κ2) is 6.81. The molecule has 0 atom stereocenters.